The van der Waals surface area contributed by atoms with Crippen molar-refractivity contribution in [3.05, 3.63) is 66.1 Å². The van der Waals surface area contributed by atoms with Crippen molar-refractivity contribution < 1.29 is 18.8 Å². The second-order valence-electron chi connectivity index (χ2n) is 7.32. The van der Waals surface area contributed by atoms with Crippen LogP contribution >= 0.6 is 0 Å². The zero-order valence-corrected chi connectivity index (χ0v) is 18.3. The van der Waals surface area contributed by atoms with E-state index in [1.807, 2.05) is 66.4 Å². The fraction of sp³-hybridized carbons (Fsp3) is 0.375. The number of aromatic nitrogens is 2. The van der Waals surface area contributed by atoms with E-state index in [1.54, 1.807) is 7.11 Å². The smallest absolute Gasteiger partial charge is 0.248 e. The van der Waals surface area contributed by atoms with Gasteiger partial charge in [0.15, 0.2) is 0 Å². The lowest BCUT2D eigenvalue weighted by molar-refractivity contribution is -0.138. The van der Waals surface area contributed by atoms with Gasteiger partial charge in [0.25, 0.3) is 0 Å². The molecule has 0 bridgehead atoms. The number of nitrogens with zero attached hydrogens (tertiary/aromatic N) is 3. The number of methoxy groups -OCH3 is 1. The summed E-state index contributed by atoms with van der Waals surface area (Å²) in [5, 5.41) is 4.06. The van der Waals surface area contributed by atoms with Gasteiger partial charge in [-0.1, -0.05) is 54.5 Å². The van der Waals surface area contributed by atoms with E-state index in [2.05, 4.69) is 17.1 Å². The third-order valence-electron chi connectivity index (χ3n) is 5.14. The third-order valence-corrected chi connectivity index (χ3v) is 5.14. The molecule has 0 N–H and O–H groups in total. The standard InChI is InChI=1S/C24H29N3O4/c1-4-18(2)27(23(28)17-30-16-19-9-6-5-7-10-19)14-13-22-25-24(26-31-22)20-11-8-12-21(15-20)29-3/h5-12,15,18H,4,13-14,16-17H2,1-3H3/t18-/m0/s1. The minimum Gasteiger partial charge on any atom is -0.497 e. The molecule has 3 rings (SSSR count). The fourth-order valence-corrected chi connectivity index (χ4v) is 3.18. The van der Waals surface area contributed by atoms with Gasteiger partial charge in [-0.05, 0) is 31.0 Å². The SMILES string of the molecule is CC[C@H](C)N(CCc1nc(-c2cccc(OC)c2)no1)C(=O)COCc1ccccc1. The molecule has 1 atom stereocenters. The molecule has 0 aliphatic rings. The first-order valence-corrected chi connectivity index (χ1v) is 10.5. The number of hydrogen-bond donors (Lipinski definition) is 0. The zero-order chi connectivity index (χ0) is 22.1. The molecule has 2 aromatic carbocycles. The van der Waals surface area contributed by atoms with Gasteiger partial charge in [0.05, 0.1) is 13.7 Å². The fourth-order valence-electron chi connectivity index (χ4n) is 3.18. The molecule has 0 aliphatic heterocycles. The number of ether oxygens (including phenoxy) is 2. The Bertz CT molecular complexity index is 958. The minimum atomic E-state index is -0.0437. The summed E-state index contributed by atoms with van der Waals surface area (Å²) >= 11 is 0. The summed E-state index contributed by atoms with van der Waals surface area (Å²) in [4.78, 5) is 19.1. The molecule has 0 fully saturated rings. The highest BCUT2D eigenvalue weighted by atomic mass is 16.5. The molecule has 1 amide bonds. The van der Waals surface area contributed by atoms with E-state index in [9.17, 15) is 4.79 Å². The normalized spacial score (nSPS) is 11.8. The lowest BCUT2D eigenvalue weighted by Crippen LogP contribution is -2.41. The van der Waals surface area contributed by atoms with Crippen LogP contribution in [0.15, 0.2) is 59.1 Å². The highest BCUT2D eigenvalue weighted by molar-refractivity contribution is 5.77. The van der Waals surface area contributed by atoms with Crippen LogP contribution < -0.4 is 4.74 Å². The molecule has 3 aromatic rings. The van der Waals surface area contributed by atoms with Crippen molar-refractivity contribution in [2.45, 2.75) is 39.3 Å². The molecular formula is C24H29N3O4. The van der Waals surface area contributed by atoms with Gasteiger partial charge >= 0.3 is 0 Å². The van der Waals surface area contributed by atoms with Crippen LogP contribution in [0.1, 0.15) is 31.7 Å². The largest absolute Gasteiger partial charge is 0.497 e. The van der Waals surface area contributed by atoms with Gasteiger partial charge in [0.1, 0.15) is 12.4 Å². The Morgan fingerprint density at radius 2 is 1.97 bits per heavy atom. The lowest BCUT2D eigenvalue weighted by Gasteiger charge is -2.28. The number of benzene rings is 2. The first kappa shape index (κ1) is 22.5. The maximum absolute atomic E-state index is 12.8. The highest BCUT2D eigenvalue weighted by Crippen LogP contribution is 2.21. The molecule has 7 nitrogen and oxygen atoms in total. The summed E-state index contributed by atoms with van der Waals surface area (Å²) in [6.07, 6.45) is 1.33. The van der Waals surface area contributed by atoms with Crippen molar-refractivity contribution in [2.75, 3.05) is 20.3 Å². The first-order chi connectivity index (χ1) is 15.1. The molecule has 0 saturated heterocycles. The van der Waals surface area contributed by atoms with Gasteiger partial charge in [-0.3, -0.25) is 4.79 Å². The summed E-state index contributed by atoms with van der Waals surface area (Å²) in [7, 11) is 1.62. The second kappa shape index (κ2) is 11.3. The number of carbonyl (C=O) groups excluding carboxylic acids is 1. The summed E-state index contributed by atoms with van der Waals surface area (Å²) in [5.74, 6) is 1.68. The quantitative estimate of drug-likeness (QED) is 0.461. The number of rotatable bonds is 11. The summed E-state index contributed by atoms with van der Waals surface area (Å²) in [6, 6.07) is 17.4. The Morgan fingerprint density at radius 1 is 1.16 bits per heavy atom. The van der Waals surface area contributed by atoms with Crippen molar-refractivity contribution in [2.24, 2.45) is 0 Å². The van der Waals surface area contributed by atoms with E-state index >= 15 is 0 Å². The van der Waals surface area contributed by atoms with Crippen molar-refractivity contribution in [1.82, 2.24) is 15.0 Å². The maximum atomic E-state index is 12.8. The molecule has 0 radical (unpaired) electrons. The molecule has 7 heteroatoms. The van der Waals surface area contributed by atoms with Gasteiger partial charge in [-0.25, -0.2) is 0 Å². The van der Waals surface area contributed by atoms with Crippen LogP contribution in [0.3, 0.4) is 0 Å². The zero-order valence-electron chi connectivity index (χ0n) is 18.3. The van der Waals surface area contributed by atoms with E-state index in [0.29, 0.717) is 31.3 Å². The van der Waals surface area contributed by atoms with Gasteiger partial charge in [0, 0.05) is 24.6 Å². The molecule has 1 heterocycles. The van der Waals surface area contributed by atoms with Crippen LogP contribution in [0.5, 0.6) is 5.75 Å². The second-order valence-corrected chi connectivity index (χ2v) is 7.32. The summed E-state index contributed by atoms with van der Waals surface area (Å²) in [6.45, 7) is 5.03. The van der Waals surface area contributed by atoms with E-state index in [-0.39, 0.29) is 18.6 Å². The number of carbonyl (C=O) groups is 1. The van der Waals surface area contributed by atoms with Crippen molar-refractivity contribution in [3.63, 3.8) is 0 Å². The maximum Gasteiger partial charge on any atom is 0.248 e. The first-order valence-electron chi connectivity index (χ1n) is 10.5. The average Bonchev–Trinajstić information content (AvgIpc) is 3.29. The Morgan fingerprint density at radius 3 is 2.71 bits per heavy atom. The van der Waals surface area contributed by atoms with Crippen LogP contribution in [-0.2, 0) is 22.6 Å². The van der Waals surface area contributed by atoms with Crippen LogP contribution in [0.2, 0.25) is 0 Å². The van der Waals surface area contributed by atoms with E-state index in [1.165, 1.54) is 0 Å². The van der Waals surface area contributed by atoms with Crippen LogP contribution in [0, 0.1) is 0 Å². The lowest BCUT2D eigenvalue weighted by atomic mass is 10.2. The summed E-state index contributed by atoms with van der Waals surface area (Å²) in [5.41, 5.74) is 1.86. The Balaban J connectivity index is 1.57. The highest BCUT2D eigenvalue weighted by Gasteiger charge is 2.20. The molecular weight excluding hydrogens is 394 g/mol. The van der Waals surface area contributed by atoms with Crippen LogP contribution in [-0.4, -0.2) is 47.3 Å². The molecule has 31 heavy (non-hydrogen) atoms. The third kappa shape index (κ3) is 6.39. The molecule has 0 aliphatic carbocycles. The van der Waals surface area contributed by atoms with Crippen molar-refractivity contribution in [1.29, 1.82) is 0 Å². The van der Waals surface area contributed by atoms with Crippen molar-refractivity contribution in [3.8, 4) is 17.1 Å². The van der Waals surface area contributed by atoms with Gasteiger partial charge in [-0.15, -0.1) is 0 Å². The molecule has 0 saturated carbocycles. The molecule has 0 spiro atoms. The minimum absolute atomic E-state index is 0.0398. The van der Waals surface area contributed by atoms with E-state index in [4.69, 9.17) is 14.0 Å². The Kier molecular flexibility index (Phi) is 8.18. The number of hydrogen-bond acceptors (Lipinski definition) is 6. The predicted molar refractivity (Wildman–Crippen MR) is 118 cm³/mol. The number of amides is 1. The van der Waals surface area contributed by atoms with Gasteiger partial charge < -0.3 is 18.9 Å². The monoisotopic (exact) mass is 423 g/mol. The predicted octanol–water partition coefficient (Wildman–Crippen LogP) is 4.13. The molecule has 0 unspecified atom stereocenters. The van der Waals surface area contributed by atoms with Gasteiger partial charge in [-0.2, -0.15) is 4.98 Å². The Hall–Kier alpha value is -3.19. The van der Waals surface area contributed by atoms with Crippen LogP contribution in [0.4, 0.5) is 0 Å². The van der Waals surface area contributed by atoms with E-state index < -0.39 is 0 Å². The van der Waals surface area contributed by atoms with Crippen LogP contribution in [0.25, 0.3) is 11.4 Å². The summed E-state index contributed by atoms with van der Waals surface area (Å²) < 4.78 is 16.3. The molecule has 1 aromatic heterocycles. The molecule has 164 valence electrons. The van der Waals surface area contributed by atoms with E-state index in [0.717, 1.165) is 23.3 Å². The van der Waals surface area contributed by atoms with Crippen molar-refractivity contribution >= 4 is 5.91 Å². The average molecular weight is 424 g/mol. The Labute approximate surface area is 183 Å². The topological polar surface area (TPSA) is 77.7 Å². The van der Waals surface area contributed by atoms with Gasteiger partial charge in [0.2, 0.25) is 17.6 Å².